The fourth-order valence-electron chi connectivity index (χ4n) is 2.04. The maximum absolute atomic E-state index is 12.0. The number of rotatable bonds is 6. The van der Waals surface area contributed by atoms with Crippen molar-refractivity contribution in [2.24, 2.45) is 0 Å². The molecule has 0 bridgehead atoms. The highest BCUT2D eigenvalue weighted by atomic mass is 35.5. The third kappa shape index (κ3) is 5.26. The van der Waals surface area contributed by atoms with E-state index in [0.29, 0.717) is 16.4 Å². The van der Waals surface area contributed by atoms with Crippen LogP contribution in [0.5, 0.6) is 0 Å². The Balaban J connectivity index is 2.04. The number of hydrogen-bond acceptors (Lipinski definition) is 3. The maximum atomic E-state index is 12.0. The Kier molecular flexibility index (Phi) is 5.63. The molecule has 0 fully saturated rings. The summed E-state index contributed by atoms with van der Waals surface area (Å²) in [5.74, 6) is -0.251. The Bertz CT molecular complexity index is 762. The van der Waals surface area contributed by atoms with Gasteiger partial charge in [-0.25, -0.2) is 8.42 Å². The molecule has 2 aromatic rings. The first-order valence-corrected chi connectivity index (χ1v) is 9.17. The van der Waals surface area contributed by atoms with Gasteiger partial charge < -0.3 is 5.32 Å². The van der Waals surface area contributed by atoms with Crippen molar-refractivity contribution in [1.29, 1.82) is 0 Å². The molecule has 122 valence electrons. The molecule has 7 heteroatoms. The van der Waals surface area contributed by atoms with Gasteiger partial charge in [0.2, 0.25) is 15.9 Å². The van der Waals surface area contributed by atoms with Crippen LogP contribution in [0, 0.1) is 0 Å². The summed E-state index contributed by atoms with van der Waals surface area (Å²) in [6, 6.07) is 15.5. The number of nitrogens with one attached hydrogen (secondary N) is 1. The molecule has 0 aromatic heterocycles. The minimum absolute atomic E-state index is 0.0462. The van der Waals surface area contributed by atoms with Gasteiger partial charge in [0.25, 0.3) is 0 Å². The molecule has 0 aliphatic carbocycles. The molecule has 0 spiro atoms. The van der Waals surface area contributed by atoms with Gasteiger partial charge in [-0.2, -0.15) is 0 Å². The number of hydrogen-bond donors (Lipinski definition) is 1. The normalized spacial score (nSPS) is 11.0. The van der Waals surface area contributed by atoms with Gasteiger partial charge in [-0.15, -0.1) is 0 Å². The largest absolute Gasteiger partial charge is 0.326 e. The molecule has 23 heavy (non-hydrogen) atoms. The summed E-state index contributed by atoms with van der Waals surface area (Å²) >= 11 is 5.82. The molecule has 0 aliphatic heterocycles. The number of halogens is 1. The van der Waals surface area contributed by atoms with Crippen LogP contribution < -0.4 is 9.62 Å². The quantitative estimate of drug-likeness (QED) is 0.868. The second-order valence-electron chi connectivity index (χ2n) is 4.98. The van der Waals surface area contributed by atoms with E-state index in [2.05, 4.69) is 5.32 Å². The third-order valence-corrected chi connectivity index (χ3v) is 4.56. The van der Waals surface area contributed by atoms with Crippen LogP contribution in [0.3, 0.4) is 0 Å². The van der Waals surface area contributed by atoms with Gasteiger partial charge in [-0.1, -0.05) is 29.8 Å². The summed E-state index contributed by atoms with van der Waals surface area (Å²) in [5.41, 5.74) is 1.15. The van der Waals surface area contributed by atoms with E-state index in [1.807, 2.05) is 18.2 Å². The molecule has 0 heterocycles. The summed E-state index contributed by atoms with van der Waals surface area (Å²) in [6.45, 7) is 0.0547. The highest BCUT2D eigenvalue weighted by molar-refractivity contribution is 7.92. The van der Waals surface area contributed by atoms with E-state index in [-0.39, 0.29) is 18.9 Å². The van der Waals surface area contributed by atoms with E-state index in [4.69, 9.17) is 11.6 Å². The first kappa shape index (κ1) is 17.3. The standard InChI is InChI=1S/C16H17ClN2O3S/c1-23(21,22)19(15-9-7-13(17)8-10-15)12-11-16(20)18-14-5-3-2-4-6-14/h2-10H,11-12H2,1H3,(H,18,20). The molecular weight excluding hydrogens is 336 g/mol. The van der Waals surface area contributed by atoms with Crippen LogP contribution in [0.25, 0.3) is 0 Å². The van der Waals surface area contributed by atoms with Gasteiger partial charge in [0.05, 0.1) is 11.9 Å². The van der Waals surface area contributed by atoms with Crippen molar-refractivity contribution in [3.63, 3.8) is 0 Å². The molecule has 0 unspecified atom stereocenters. The van der Waals surface area contributed by atoms with Crippen molar-refractivity contribution < 1.29 is 13.2 Å². The monoisotopic (exact) mass is 352 g/mol. The summed E-state index contributed by atoms with van der Waals surface area (Å²) in [4.78, 5) is 12.0. The number of anilines is 2. The Morgan fingerprint density at radius 1 is 1.09 bits per heavy atom. The zero-order valence-corrected chi connectivity index (χ0v) is 14.1. The molecule has 0 radical (unpaired) electrons. The number of sulfonamides is 1. The Hall–Kier alpha value is -2.05. The first-order valence-electron chi connectivity index (χ1n) is 6.94. The lowest BCUT2D eigenvalue weighted by Gasteiger charge is -2.22. The van der Waals surface area contributed by atoms with Crippen molar-refractivity contribution in [1.82, 2.24) is 0 Å². The smallest absolute Gasteiger partial charge is 0.232 e. The number of nitrogens with zero attached hydrogens (tertiary/aromatic N) is 1. The zero-order valence-electron chi connectivity index (χ0n) is 12.6. The van der Waals surface area contributed by atoms with E-state index in [1.54, 1.807) is 36.4 Å². The van der Waals surface area contributed by atoms with E-state index >= 15 is 0 Å². The van der Waals surface area contributed by atoms with Crippen molar-refractivity contribution >= 4 is 38.9 Å². The molecule has 0 saturated carbocycles. The topological polar surface area (TPSA) is 66.5 Å². The lowest BCUT2D eigenvalue weighted by molar-refractivity contribution is -0.116. The van der Waals surface area contributed by atoms with Gasteiger partial charge in [0.1, 0.15) is 0 Å². The third-order valence-electron chi connectivity index (χ3n) is 3.11. The van der Waals surface area contributed by atoms with Gasteiger partial charge in [-0.05, 0) is 36.4 Å². The summed E-state index contributed by atoms with van der Waals surface area (Å²) in [7, 11) is -3.49. The summed E-state index contributed by atoms with van der Waals surface area (Å²) in [5, 5.41) is 3.25. The molecule has 2 rings (SSSR count). The SMILES string of the molecule is CS(=O)(=O)N(CCC(=O)Nc1ccccc1)c1ccc(Cl)cc1. The Morgan fingerprint density at radius 3 is 2.26 bits per heavy atom. The van der Waals surface area contributed by atoms with E-state index in [0.717, 1.165) is 6.26 Å². The van der Waals surface area contributed by atoms with Gasteiger partial charge in [-0.3, -0.25) is 9.10 Å². The average Bonchev–Trinajstić information content (AvgIpc) is 2.49. The maximum Gasteiger partial charge on any atom is 0.232 e. The molecule has 0 aliphatic rings. The predicted molar refractivity (Wildman–Crippen MR) is 93.3 cm³/mol. The molecule has 1 amide bonds. The summed E-state index contributed by atoms with van der Waals surface area (Å²) in [6.07, 6.45) is 1.15. The van der Waals surface area contributed by atoms with Crippen LogP contribution in [-0.2, 0) is 14.8 Å². The van der Waals surface area contributed by atoms with Crippen molar-refractivity contribution in [3.8, 4) is 0 Å². The van der Waals surface area contributed by atoms with E-state index < -0.39 is 10.0 Å². The second kappa shape index (κ2) is 7.48. The minimum Gasteiger partial charge on any atom is -0.326 e. The highest BCUT2D eigenvalue weighted by Crippen LogP contribution is 2.20. The fourth-order valence-corrected chi connectivity index (χ4v) is 3.10. The molecule has 5 nitrogen and oxygen atoms in total. The second-order valence-corrected chi connectivity index (χ2v) is 7.32. The molecule has 1 N–H and O–H groups in total. The molecule has 0 saturated heterocycles. The predicted octanol–water partition coefficient (Wildman–Crippen LogP) is 3.13. The van der Waals surface area contributed by atoms with Gasteiger partial charge >= 0.3 is 0 Å². The van der Waals surface area contributed by atoms with Gasteiger partial charge in [0, 0.05) is 23.7 Å². The average molecular weight is 353 g/mol. The molecule has 0 atom stereocenters. The Labute approximate surface area is 140 Å². The molecular formula is C16H17ClN2O3S. The zero-order chi connectivity index (χ0) is 16.9. The number of amides is 1. The van der Waals surface area contributed by atoms with Crippen LogP contribution in [-0.4, -0.2) is 27.1 Å². The highest BCUT2D eigenvalue weighted by Gasteiger charge is 2.18. The number of carbonyl (C=O) groups is 1. The van der Waals surface area contributed by atoms with Crippen molar-refractivity contribution in [3.05, 3.63) is 59.6 Å². The van der Waals surface area contributed by atoms with E-state index in [9.17, 15) is 13.2 Å². The first-order chi connectivity index (χ1) is 10.9. The van der Waals surface area contributed by atoms with Crippen LogP contribution in [0.4, 0.5) is 11.4 Å². The molecule has 2 aromatic carbocycles. The van der Waals surface area contributed by atoms with Crippen molar-refractivity contribution in [2.45, 2.75) is 6.42 Å². The van der Waals surface area contributed by atoms with Crippen LogP contribution in [0.15, 0.2) is 54.6 Å². The lowest BCUT2D eigenvalue weighted by atomic mass is 10.3. The van der Waals surface area contributed by atoms with E-state index in [1.165, 1.54) is 4.31 Å². The Morgan fingerprint density at radius 2 is 1.70 bits per heavy atom. The lowest BCUT2D eigenvalue weighted by Crippen LogP contribution is -2.33. The minimum atomic E-state index is -3.49. The summed E-state index contributed by atoms with van der Waals surface area (Å²) < 4.78 is 25.1. The van der Waals surface area contributed by atoms with Crippen LogP contribution in [0.1, 0.15) is 6.42 Å². The van der Waals surface area contributed by atoms with Crippen LogP contribution in [0.2, 0.25) is 5.02 Å². The fraction of sp³-hybridized carbons (Fsp3) is 0.188. The number of para-hydroxylation sites is 1. The number of benzene rings is 2. The van der Waals surface area contributed by atoms with Crippen molar-refractivity contribution in [2.75, 3.05) is 22.4 Å². The van der Waals surface area contributed by atoms with Crippen LogP contribution >= 0.6 is 11.6 Å². The van der Waals surface area contributed by atoms with Gasteiger partial charge in [0.15, 0.2) is 0 Å². The number of carbonyl (C=O) groups excluding carboxylic acids is 1.